The Labute approximate surface area is 125 Å². The molecule has 0 amide bonds. The van der Waals surface area contributed by atoms with E-state index in [1.807, 2.05) is 0 Å². The first kappa shape index (κ1) is 14.8. The van der Waals surface area contributed by atoms with Gasteiger partial charge in [-0.05, 0) is 51.6 Å². The number of nitrogens with zero attached hydrogens (tertiary/aromatic N) is 2. The topological polar surface area (TPSA) is 18.5 Å². The maximum Gasteiger partial charge on any atom is 0.0253 e. The van der Waals surface area contributed by atoms with Crippen molar-refractivity contribution in [2.75, 3.05) is 33.2 Å². The van der Waals surface area contributed by atoms with E-state index >= 15 is 0 Å². The van der Waals surface area contributed by atoms with Gasteiger partial charge in [0.25, 0.3) is 0 Å². The van der Waals surface area contributed by atoms with E-state index in [4.69, 9.17) is 0 Å². The van der Waals surface area contributed by atoms with Crippen LogP contribution in [0.4, 0.5) is 0 Å². The molecule has 0 spiro atoms. The van der Waals surface area contributed by atoms with Crippen LogP contribution < -0.4 is 5.32 Å². The lowest BCUT2D eigenvalue weighted by atomic mass is 9.79. The molecule has 1 N–H and O–H groups in total. The zero-order valence-corrected chi connectivity index (χ0v) is 13.5. The molecule has 3 aliphatic rings. The Balaban J connectivity index is 1.62. The van der Waals surface area contributed by atoms with Crippen LogP contribution in [0.5, 0.6) is 0 Å². The van der Waals surface area contributed by atoms with Gasteiger partial charge in [0.05, 0.1) is 0 Å². The van der Waals surface area contributed by atoms with E-state index in [2.05, 4.69) is 29.1 Å². The van der Waals surface area contributed by atoms with E-state index in [1.165, 1.54) is 71.1 Å². The minimum absolute atomic E-state index is 0.732. The third-order valence-electron chi connectivity index (χ3n) is 6.08. The van der Waals surface area contributed by atoms with Crippen LogP contribution in [0.25, 0.3) is 0 Å². The Bertz CT molecular complexity index is 307. The summed E-state index contributed by atoms with van der Waals surface area (Å²) in [5, 5.41) is 3.62. The van der Waals surface area contributed by atoms with Crippen LogP contribution >= 0.6 is 0 Å². The fourth-order valence-electron chi connectivity index (χ4n) is 4.96. The average Bonchev–Trinajstić information content (AvgIpc) is 2.95. The van der Waals surface area contributed by atoms with Gasteiger partial charge in [-0.2, -0.15) is 0 Å². The fourth-order valence-corrected chi connectivity index (χ4v) is 4.96. The van der Waals surface area contributed by atoms with Crippen molar-refractivity contribution in [3.05, 3.63) is 0 Å². The summed E-state index contributed by atoms with van der Waals surface area (Å²) in [5.41, 5.74) is 0. The second-order valence-electron chi connectivity index (χ2n) is 7.26. The second kappa shape index (κ2) is 6.76. The van der Waals surface area contributed by atoms with Gasteiger partial charge in [-0.25, -0.2) is 0 Å². The van der Waals surface area contributed by atoms with Crippen LogP contribution in [0.15, 0.2) is 0 Å². The molecule has 0 bridgehead atoms. The minimum atomic E-state index is 0.732. The highest BCUT2D eigenvalue weighted by Gasteiger charge is 2.38. The molecule has 0 aromatic carbocycles. The number of hydrogen-bond acceptors (Lipinski definition) is 3. The van der Waals surface area contributed by atoms with Crippen molar-refractivity contribution < 1.29 is 0 Å². The molecule has 0 aromatic rings. The highest BCUT2D eigenvalue weighted by molar-refractivity contribution is 4.95. The molecule has 2 saturated heterocycles. The number of fused-ring (bicyclic) bond motifs is 1. The van der Waals surface area contributed by atoms with Gasteiger partial charge in [0.2, 0.25) is 0 Å². The summed E-state index contributed by atoms with van der Waals surface area (Å²) in [6.45, 7) is 7.66. The van der Waals surface area contributed by atoms with Crippen LogP contribution in [-0.2, 0) is 0 Å². The first-order valence-corrected chi connectivity index (χ1v) is 8.97. The number of likely N-dealkylation sites (N-methyl/N-ethyl adjacent to an activating group) is 1. The van der Waals surface area contributed by atoms with Gasteiger partial charge in [-0.15, -0.1) is 0 Å². The zero-order chi connectivity index (χ0) is 13.9. The molecular weight excluding hydrogens is 246 g/mol. The van der Waals surface area contributed by atoms with Gasteiger partial charge in [0.15, 0.2) is 0 Å². The Morgan fingerprint density at radius 1 is 1.05 bits per heavy atom. The second-order valence-corrected chi connectivity index (χ2v) is 7.26. The largest absolute Gasteiger partial charge is 0.315 e. The van der Waals surface area contributed by atoms with E-state index in [-0.39, 0.29) is 0 Å². The first-order valence-electron chi connectivity index (χ1n) is 8.97. The van der Waals surface area contributed by atoms with Crippen molar-refractivity contribution in [2.24, 2.45) is 5.92 Å². The maximum absolute atomic E-state index is 3.62. The van der Waals surface area contributed by atoms with Gasteiger partial charge in [-0.1, -0.05) is 19.8 Å². The number of hydrogen-bond donors (Lipinski definition) is 1. The van der Waals surface area contributed by atoms with Crippen LogP contribution in [0, 0.1) is 5.92 Å². The van der Waals surface area contributed by atoms with E-state index in [0.717, 1.165) is 24.0 Å². The zero-order valence-electron chi connectivity index (χ0n) is 13.5. The van der Waals surface area contributed by atoms with Crippen molar-refractivity contribution in [1.82, 2.24) is 15.1 Å². The molecule has 3 fully saturated rings. The summed E-state index contributed by atoms with van der Waals surface area (Å²) in [7, 11) is 2.17. The lowest BCUT2D eigenvalue weighted by molar-refractivity contribution is 0.0314. The molecule has 1 saturated carbocycles. The Morgan fingerprint density at radius 2 is 1.90 bits per heavy atom. The summed E-state index contributed by atoms with van der Waals surface area (Å²) in [5.74, 6) is 0.983. The van der Waals surface area contributed by atoms with Crippen LogP contribution in [0.2, 0.25) is 0 Å². The van der Waals surface area contributed by atoms with Gasteiger partial charge >= 0.3 is 0 Å². The lowest BCUT2D eigenvalue weighted by Gasteiger charge is -2.47. The number of nitrogens with one attached hydrogen (secondary N) is 1. The molecule has 0 radical (unpaired) electrons. The average molecular weight is 279 g/mol. The molecule has 1 aliphatic carbocycles. The quantitative estimate of drug-likeness (QED) is 0.852. The molecule has 0 aromatic heterocycles. The molecular formula is C17H33N3. The third kappa shape index (κ3) is 3.05. The molecule has 4 atom stereocenters. The Morgan fingerprint density at radius 3 is 2.70 bits per heavy atom. The van der Waals surface area contributed by atoms with Crippen LogP contribution in [0.3, 0.4) is 0 Å². The molecule has 2 aliphatic heterocycles. The molecule has 116 valence electrons. The predicted octanol–water partition coefficient (Wildman–Crippen LogP) is 2.32. The standard InChI is InChI=1S/C17H33N3/c1-3-5-14-7-8-16(18-2)17(12-14)20-11-10-19-9-4-6-15(19)13-20/h14-18H,3-13H2,1-2H3. The summed E-state index contributed by atoms with van der Waals surface area (Å²) >= 11 is 0. The minimum Gasteiger partial charge on any atom is -0.315 e. The lowest BCUT2D eigenvalue weighted by Crippen LogP contribution is -2.59. The highest BCUT2D eigenvalue weighted by Crippen LogP contribution is 2.33. The maximum atomic E-state index is 3.62. The van der Waals surface area contributed by atoms with Crippen molar-refractivity contribution in [2.45, 2.75) is 70.0 Å². The van der Waals surface area contributed by atoms with Gasteiger partial charge in [-0.3, -0.25) is 9.80 Å². The first-order chi connectivity index (χ1) is 9.81. The normalized spacial score (nSPS) is 39.9. The molecule has 3 heteroatoms. The number of rotatable bonds is 4. The molecule has 2 heterocycles. The summed E-state index contributed by atoms with van der Waals surface area (Å²) in [6.07, 6.45) is 9.93. The monoisotopic (exact) mass is 279 g/mol. The third-order valence-corrected chi connectivity index (χ3v) is 6.08. The molecule has 20 heavy (non-hydrogen) atoms. The highest BCUT2D eigenvalue weighted by atomic mass is 15.3. The van der Waals surface area contributed by atoms with Crippen molar-refractivity contribution in [1.29, 1.82) is 0 Å². The summed E-state index contributed by atoms with van der Waals surface area (Å²) < 4.78 is 0. The summed E-state index contributed by atoms with van der Waals surface area (Å²) in [6, 6.07) is 2.40. The van der Waals surface area contributed by atoms with Gasteiger partial charge < -0.3 is 5.32 Å². The van der Waals surface area contributed by atoms with Gasteiger partial charge in [0.1, 0.15) is 0 Å². The predicted molar refractivity (Wildman–Crippen MR) is 85.1 cm³/mol. The van der Waals surface area contributed by atoms with Gasteiger partial charge in [0, 0.05) is 37.8 Å². The van der Waals surface area contributed by atoms with E-state index in [9.17, 15) is 0 Å². The van der Waals surface area contributed by atoms with E-state index in [0.29, 0.717) is 0 Å². The van der Waals surface area contributed by atoms with Crippen molar-refractivity contribution in [3.8, 4) is 0 Å². The van der Waals surface area contributed by atoms with Crippen molar-refractivity contribution >= 4 is 0 Å². The SMILES string of the molecule is CCCC1CCC(NC)C(N2CCN3CCCC3C2)C1. The number of piperazine rings is 1. The van der Waals surface area contributed by atoms with Crippen LogP contribution in [0.1, 0.15) is 51.9 Å². The van der Waals surface area contributed by atoms with Crippen molar-refractivity contribution in [3.63, 3.8) is 0 Å². The van der Waals surface area contributed by atoms with E-state index in [1.54, 1.807) is 0 Å². The molecule has 3 rings (SSSR count). The smallest absolute Gasteiger partial charge is 0.0253 e. The molecule has 3 nitrogen and oxygen atoms in total. The molecule has 4 unspecified atom stereocenters. The summed E-state index contributed by atoms with van der Waals surface area (Å²) in [4.78, 5) is 5.58. The van der Waals surface area contributed by atoms with Crippen LogP contribution in [-0.4, -0.2) is 61.2 Å². The Hall–Kier alpha value is -0.120. The fraction of sp³-hybridized carbons (Fsp3) is 1.00. The Kier molecular flexibility index (Phi) is 5.00. The van der Waals surface area contributed by atoms with E-state index < -0.39 is 0 Å².